The minimum Gasteiger partial charge on any atom is -0.485 e. The number of ether oxygens (including phenoxy) is 1. The number of benzene rings is 1. The van der Waals surface area contributed by atoms with Gasteiger partial charge in [-0.3, -0.25) is 0 Å². The molecule has 1 aliphatic carbocycles. The van der Waals surface area contributed by atoms with Gasteiger partial charge in [-0.05, 0) is 18.9 Å². The predicted molar refractivity (Wildman–Crippen MR) is 79.0 cm³/mol. The van der Waals surface area contributed by atoms with Gasteiger partial charge >= 0.3 is 0 Å². The minimum absolute atomic E-state index is 0.237. The zero-order valence-electron chi connectivity index (χ0n) is 12.5. The Morgan fingerprint density at radius 3 is 2.86 bits per heavy atom. The largest absolute Gasteiger partial charge is 0.485 e. The lowest BCUT2D eigenvalue weighted by Crippen LogP contribution is -2.16. The third-order valence-corrected chi connectivity index (χ3v) is 3.47. The number of hydrogen-bond acceptors (Lipinski definition) is 5. The molecular formula is C16H21N3O2. The topological polar surface area (TPSA) is 60.2 Å². The average molecular weight is 287 g/mol. The monoisotopic (exact) mass is 287 g/mol. The number of rotatable bonds is 7. The molecule has 0 bridgehead atoms. The molecule has 5 heteroatoms. The summed E-state index contributed by atoms with van der Waals surface area (Å²) < 4.78 is 11.0. The Kier molecular flexibility index (Phi) is 4.20. The van der Waals surface area contributed by atoms with Gasteiger partial charge in [-0.2, -0.15) is 4.98 Å². The maximum atomic E-state index is 5.84. The summed E-state index contributed by atoms with van der Waals surface area (Å²) in [6.45, 7) is 5.22. The Hall–Kier alpha value is -1.88. The van der Waals surface area contributed by atoms with Crippen LogP contribution >= 0.6 is 0 Å². The molecule has 0 atom stereocenters. The van der Waals surface area contributed by atoms with Gasteiger partial charge in [0.1, 0.15) is 5.75 Å². The van der Waals surface area contributed by atoms with Crippen molar-refractivity contribution < 1.29 is 9.26 Å². The molecule has 2 aromatic rings. The van der Waals surface area contributed by atoms with Gasteiger partial charge < -0.3 is 14.6 Å². The highest BCUT2D eigenvalue weighted by Crippen LogP contribution is 2.23. The summed E-state index contributed by atoms with van der Waals surface area (Å²) in [6.07, 6.45) is 2.56. The first kappa shape index (κ1) is 14.1. The summed E-state index contributed by atoms with van der Waals surface area (Å²) in [7, 11) is 0. The predicted octanol–water partition coefficient (Wildman–Crippen LogP) is 3.02. The summed E-state index contributed by atoms with van der Waals surface area (Å²) in [5.41, 5.74) is 1.16. The van der Waals surface area contributed by atoms with Crippen LogP contribution in [0.3, 0.4) is 0 Å². The van der Waals surface area contributed by atoms with Crippen LogP contribution in [0, 0.1) is 0 Å². The lowest BCUT2D eigenvalue weighted by Gasteiger charge is -2.10. The lowest BCUT2D eigenvalue weighted by molar-refractivity contribution is 0.281. The van der Waals surface area contributed by atoms with Crippen molar-refractivity contribution in [2.75, 3.05) is 0 Å². The molecule has 1 aromatic carbocycles. The molecule has 1 saturated carbocycles. The average Bonchev–Trinajstić information content (AvgIpc) is 3.19. The van der Waals surface area contributed by atoms with E-state index in [4.69, 9.17) is 9.26 Å². The maximum absolute atomic E-state index is 5.84. The summed E-state index contributed by atoms with van der Waals surface area (Å²) >= 11 is 0. The van der Waals surface area contributed by atoms with E-state index >= 15 is 0 Å². The second-order valence-electron chi connectivity index (χ2n) is 5.76. The first-order valence-corrected chi connectivity index (χ1v) is 7.49. The molecule has 0 spiro atoms. The fourth-order valence-electron chi connectivity index (χ4n) is 2.04. The van der Waals surface area contributed by atoms with E-state index in [1.54, 1.807) is 0 Å². The van der Waals surface area contributed by atoms with Crippen molar-refractivity contribution in [3.63, 3.8) is 0 Å². The summed E-state index contributed by atoms with van der Waals surface area (Å²) in [6, 6.07) is 8.76. The van der Waals surface area contributed by atoms with E-state index in [1.807, 2.05) is 32.0 Å². The number of nitrogens with one attached hydrogen (secondary N) is 1. The molecule has 21 heavy (non-hydrogen) atoms. The number of nitrogens with zero attached hydrogens (tertiary/aromatic N) is 2. The van der Waals surface area contributed by atoms with Crippen LogP contribution in [0.4, 0.5) is 0 Å². The molecule has 112 valence electrons. The smallest absolute Gasteiger partial charge is 0.229 e. The Morgan fingerprint density at radius 2 is 2.14 bits per heavy atom. The van der Waals surface area contributed by atoms with Crippen molar-refractivity contribution >= 4 is 0 Å². The van der Waals surface area contributed by atoms with E-state index in [-0.39, 0.29) is 5.92 Å². The van der Waals surface area contributed by atoms with E-state index < -0.39 is 0 Å². The molecule has 1 fully saturated rings. The van der Waals surface area contributed by atoms with Gasteiger partial charge in [-0.25, -0.2) is 0 Å². The summed E-state index contributed by atoms with van der Waals surface area (Å²) in [5.74, 6) is 2.35. The Labute approximate surface area is 124 Å². The second kappa shape index (κ2) is 6.26. The summed E-state index contributed by atoms with van der Waals surface area (Å²) in [4.78, 5) is 4.32. The van der Waals surface area contributed by atoms with Crippen molar-refractivity contribution in [2.45, 2.75) is 51.8 Å². The summed E-state index contributed by atoms with van der Waals surface area (Å²) in [5, 5.41) is 7.44. The highest BCUT2D eigenvalue weighted by atomic mass is 16.5. The standard InChI is InChI=1S/C16H21N3O2/c1-11(2)16-18-15(19-21-16)10-20-14-6-4-3-5-12(14)9-17-13-7-8-13/h3-6,11,13,17H,7-10H2,1-2H3. The third-order valence-electron chi connectivity index (χ3n) is 3.47. The maximum Gasteiger partial charge on any atom is 0.229 e. The SMILES string of the molecule is CC(C)c1nc(COc2ccccc2CNC2CC2)no1. The van der Waals surface area contributed by atoms with Crippen LogP contribution in [0.25, 0.3) is 0 Å². The van der Waals surface area contributed by atoms with Crippen LogP contribution in [0.1, 0.15) is 49.9 Å². The molecule has 5 nitrogen and oxygen atoms in total. The van der Waals surface area contributed by atoms with Crippen LogP contribution in [0.15, 0.2) is 28.8 Å². The zero-order valence-corrected chi connectivity index (χ0v) is 12.5. The zero-order chi connectivity index (χ0) is 14.7. The fourth-order valence-corrected chi connectivity index (χ4v) is 2.04. The van der Waals surface area contributed by atoms with Crippen molar-refractivity contribution in [2.24, 2.45) is 0 Å². The van der Waals surface area contributed by atoms with Crippen LogP contribution in [0.2, 0.25) is 0 Å². The van der Waals surface area contributed by atoms with Crippen LogP contribution in [-0.4, -0.2) is 16.2 Å². The first-order chi connectivity index (χ1) is 10.2. The lowest BCUT2D eigenvalue weighted by atomic mass is 10.2. The van der Waals surface area contributed by atoms with Gasteiger partial charge in [0.25, 0.3) is 0 Å². The van der Waals surface area contributed by atoms with Gasteiger partial charge in [0.2, 0.25) is 11.7 Å². The highest BCUT2D eigenvalue weighted by molar-refractivity contribution is 5.33. The molecule has 1 N–H and O–H groups in total. The van der Waals surface area contributed by atoms with Crippen molar-refractivity contribution in [3.05, 3.63) is 41.5 Å². The Balaban J connectivity index is 1.60. The molecule has 1 heterocycles. The molecule has 0 radical (unpaired) electrons. The quantitative estimate of drug-likeness (QED) is 0.848. The molecule has 1 aromatic heterocycles. The number of hydrogen-bond donors (Lipinski definition) is 1. The van der Waals surface area contributed by atoms with E-state index in [9.17, 15) is 0 Å². The van der Waals surface area contributed by atoms with Crippen molar-refractivity contribution in [1.82, 2.24) is 15.5 Å². The molecule has 1 aliphatic rings. The van der Waals surface area contributed by atoms with Gasteiger partial charge in [0.15, 0.2) is 6.61 Å². The van der Waals surface area contributed by atoms with E-state index in [1.165, 1.54) is 12.8 Å². The van der Waals surface area contributed by atoms with Gasteiger partial charge in [-0.1, -0.05) is 37.2 Å². The molecule has 0 saturated heterocycles. The Morgan fingerprint density at radius 1 is 1.33 bits per heavy atom. The van der Waals surface area contributed by atoms with Crippen molar-refractivity contribution in [1.29, 1.82) is 0 Å². The third kappa shape index (κ3) is 3.82. The van der Waals surface area contributed by atoms with Crippen LogP contribution < -0.4 is 10.1 Å². The Bertz CT molecular complexity index is 591. The molecule has 0 unspecified atom stereocenters. The molecule has 3 rings (SSSR count). The van der Waals surface area contributed by atoms with Gasteiger partial charge in [0, 0.05) is 24.1 Å². The van der Waals surface area contributed by atoms with Gasteiger partial charge in [0.05, 0.1) is 0 Å². The first-order valence-electron chi connectivity index (χ1n) is 7.49. The van der Waals surface area contributed by atoms with E-state index in [0.29, 0.717) is 24.4 Å². The van der Waals surface area contributed by atoms with Gasteiger partial charge in [-0.15, -0.1) is 0 Å². The fraction of sp³-hybridized carbons (Fsp3) is 0.500. The second-order valence-corrected chi connectivity index (χ2v) is 5.76. The van der Waals surface area contributed by atoms with Crippen LogP contribution in [-0.2, 0) is 13.2 Å². The molecule has 0 aliphatic heterocycles. The van der Waals surface area contributed by atoms with E-state index in [0.717, 1.165) is 17.9 Å². The molecular weight excluding hydrogens is 266 g/mol. The normalized spacial score (nSPS) is 14.6. The highest BCUT2D eigenvalue weighted by Gasteiger charge is 2.20. The number of aromatic nitrogens is 2. The van der Waals surface area contributed by atoms with Crippen LogP contribution in [0.5, 0.6) is 5.75 Å². The number of para-hydroxylation sites is 1. The van der Waals surface area contributed by atoms with Crippen molar-refractivity contribution in [3.8, 4) is 5.75 Å². The van der Waals surface area contributed by atoms with E-state index in [2.05, 4.69) is 21.5 Å². The molecule has 0 amide bonds. The minimum atomic E-state index is 0.237.